The molecule has 0 aliphatic carbocycles. The van der Waals surface area contributed by atoms with E-state index in [4.69, 9.17) is 21.7 Å². The van der Waals surface area contributed by atoms with Crippen LogP contribution in [-0.2, 0) is 6.61 Å². The predicted octanol–water partition coefficient (Wildman–Crippen LogP) is 5.36. The van der Waals surface area contributed by atoms with Crippen LogP contribution in [0.15, 0.2) is 82.4 Å². The Labute approximate surface area is 183 Å². The molecule has 0 spiro atoms. The van der Waals surface area contributed by atoms with Gasteiger partial charge in [-0.1, -0.05) is 46.3 Å². The van der Waals surface area contributed by atoms with Crippen LogP contribution in [0.3, 0.4) is 0 Å². The summed E-state index contributed by atoms with van der Waals surface area (Å²) in [7, 11) is 1.61. The van der Waals surface area contributed by atoms with Gasteiger partial charge < -0.3 is 14.8 Å². The zero-order chi connectivity index (χ0) is 20.5. The van der Waals surface area contributed by atoms with Crippen LogP contribution in [-0.4, -0.2) is 18.4 Å². The van der Waals surface area contributed by atoms with Gasteiger partial charge in [-0.15, -0.1) is 0 Å². The summed E-state index contributed by atoms with van der Waals surface area (Å²) in [5.74, 6) is 1.30. The van der Waals surface area contributed by atoms with Crippen molar-refractivity contribution < 1.29 is 9.47 Å². The monoisotopic (exact) mass is 469 g/mol. The van der Waals surface area contributed by atoms with Gasteiger partial charge in [0.15, 0.2) is 16.6 Å². The van der Waals surface area contributed by atoms with E-state index in [-0.39, 0.29) is 0 Å². The second kappa shape index (κ2) is 10.6. The molecule has 3 aromatic carbocycles. The fourth-order valence-corrected chi connectivity index (χ4v) is 2.91. The number of methoxy groups -OCH3 is 1. The van der Waals surface area contributed by atoms with E-state index in [1.54, 1.807) is 13.3 Å². The van der Waals surface area contributed by atoms with Gasteiger partial charge in [0.1, 0.15) is 6.61 Å². The molecule has 3 rings (SSSR count). The lowest BCUT2D eigenvalue weighted by atomic mass is 10.2. The lowest BCUT2D eigenvalue weighted by molar-refractivity contribution is 0.284. The molecule has 29 heavy (non-hydrogen) atoms. The summed E-state index contributed by atoms with van der Waals surface area (Å²) in [5.41, 5.74) is 5.62. The molecule has 5 nitrogen and oxygen atoms in total. The number of nitrogens with zero attached hydrogens (tertiary/aromatic N) is 1. The first-order valence-corrected chi connectivity index (χ1v) is 10.0. The second-order valence-electron chi connectivity index (χ2n) is 6.02. The molecule has 0 saturated carbocycles. The largest absolute Gasteiger partial charge is 0.493 e. The molecule has 0 saturated heterocycles. The first kappa shape index (κ1) is 20.8. The molecule has 0 aliphatic rings. The van der Waals surface area contributed by atoms with Crippen molar-refractivity contribution in [3.05, 3.63) is 88.4 Å². The SMILES string of the molecule is COc1cc(C=NNC(=S)Nc2ccccc2)ccc1OCc1ccc(Br)cc1. The average Bonchev–Trinajstić information content (AvgIpc) is 2.74. The molecule has 148 valence electrons. The number of rotatable bonds is 7. The number of hydrazone groups is 1. The van der Waals surface area contributed by atoms with Crippen molar-refractivity contribution >= 4 is 45.2 Å². The van der Waals surface area contributed by atoms with E-state index in [2.05, 4.69) is 31.8 Å². The van der Waals surface area contributed by atoms with Gasteiger partial charge in [-0.3, -0.25) is 5.43 Å². The molecular formula is C22H20BrN3O2S. The molecule has 2 N–H and O–H groups in total. The van der Waals surface area contributed by atoms with Crippen LogP contribution in [0.2, 0.25) is 0 Å². The average molecular weight is 470 g/mol. The van der Waals surface area contributed by atoms with Crippen LogP contribution in [0, 0.1) is 0 Å². The maximum atomic E-state index is 5.89. The van der Waals surface area contributed by atoms with Crippen molar-refractivity contribution in [3.63, 3.8) is 0 Å². The molecule has 7 heteroatoms. The van der Waals surface area contributed by atoms with E-state index in [0.29, 0.717) is 23.2 Å². The summed E-state index contributed by atoms with van der Waals surface area (Å²) in [6, 6.07) is 23.3. The van der Waals surface area contributed by atoms with Gasteiger partial charge >= 0.3 is 0 Å². The Hall–Kier alpha value is -2.90. The van der Waals surface area contributed by atoms with E-state index in [1.807, 2.05) is 72.8 Å². The molecule has 0 atom stereocenters. The third-order valence-corrected chi connectivity index (χ3v) is 4.63. The van der Waals surface area contributed by atoms with Crippen LogP contribution < -0.4 is 20.2 Å². The van der Waals surface area contributed by atoms with Crippen molar-refractivity contribution in [2.24, 2.45) is 5.10 Å². The Morgan fingerprint density at radius 2 is 1.79 bits per heavy atom. The van der Waals surface area contributed by atoms with Crippen LogP contribution in [0.4, 0.5) is 5.69 Å². The van der Waals surface area contributed by atoms with Crippen molar-refractivity contribution in [2.45, 2.75) is 6.61 Å². The van der Waals surface area contributed by atoms with Gasteiger partial charge in [0.2, 0.25) is 0 Å². The highest BCUT2D eigenvalue weighted by Crippen LogP contribution is 2.28. The van der Waals surface area contributed by atoms with E-state index in [1.165, 1.54) is 0 Å². The van der Waals surface area contributed by atoms with Crippen molar-refractivity contribution in [1.82, 2.24) is 5.43 Å². The molecule has 0 bridgehead atoms. The Kier molecular flexibility index (Phi) is 7.61. The van der Waals surface area contributed by atoms with Gasteiger partial charge in [-0.2, -0.15) is 5.10 Å². The first-order valence-electron chi connectivity index (χ1n) is 8.84. The molecule has 0 aromatic heterocycles. The maximum absolute atomic E-state index is 5.89. The highest BCUT2D eigenvalue weighted by molar-refractivity contribution is 9.10. The van der Waals surface area contributed by atoms with E-state index < -0.39 is 0 Å². The van der Waals surface area contributed by atoms with Crippen LogP contribution in [0.25, 0.3) is 0 Å². The third-order valence-electron chi connectivity index (χ3n) is 3.91. The van der Waals surface area contributed by atoms with Gasteiger partial charge in [0, 0.05) is 10.2 Å². The van der Waals surface area contributed by atoms with Gasteiger partial charge in [0.05, 0.1) is 13.3 Å². The zero-order valence-electron chi connectivity index (χ0n) is 15.8. The number of benzene rings is 3. The number of ether oxygens (including phenoxy) is 2. The number of anilines is 1. The minimum absolute atomic E-state index is 0.411. The lowest BCUT2D eigenvalue weighted by Gasteiger charge is -2.11. The number of nitrogens with one attached hydrogen (secondary N) is 2. The number of halogens is 1. The molecular weight excluding hydrogens is 450 g/mol. The summed E-state index contributed by atoms with van der Waals surface area (Å²) in [4.78, 5) is 0. The van der Waals surface area contributed by atoms with Crippen LogP contribution in [0.5, 0.6) is 11.5 Å². The molecule has 0 unspecified atom stereocenters. The summed E-state index contributed by atoms with van der Waals surface area (Å²) >= 11 is 8.65. The fourth-order valence-electron chi connectivity index (χ4n) is 2.47. The summed E-state index contributed by atoms with van der Waals surface area (Å²) in [5, 5.41) is 7.63. The summed E-state index contributed by atoms with van der Waals surface area (Å²) in [6.07, 6.45) is 1.67. The fraction of sp³-hybridized carbons (Fsp3) is 0.0909. The standard InChI is InChI=1S/C22H20BrN3O2S/c1-27-21-13-17(14-24-26-22(29)25-19-5-3-2-4-6-19)9-12-20(21)28-15-16-7-10-18(23)11-8-16/h2-14H,15H2,1H3,(H2,25,26,29). The Bertz CT molecular complexity index is 979. The second-order valence-corrected chi connectivity index (χ2v) is 7.34. The molecule has 0 radical (unpaired) electrons. The summed E-state index contributed by atoms with van der Waals surface area (Å²) < 4.78 is 12.4. The minimum atomic E-state index is 0.411. The Morgan fingerprint density at radius 3 is 2.52 bits per heavy atom. The Morgan fingerprint density at radius 1 is 1.03 bits per heavy atom. The van der Waals surface area contributed by atoms with Crippen molar-refractivity contribution in [2.75, 3.05) is 12.4 Å². The van der Waals surface area contributed by atoms with E-state index in [0.717, 1.165) is 21.3 Å². The number of hydrogen-bond acceptors (Lipinski definition) is 4. The number of thiocarbonyl (C=S) groups is 1. The van der Waals surface area contributed by atoms with Gasteiger partial charge in [0.25, 0.3) is 0 Å². The van der Waals surface area contributed by atoms with Gasteiger partial charge in [-0.25, -0.2) is 0 Å². The van der Waals surface area contributed by atoms with Crippen LogP contribution >= 0.6 is 28.1 Å². The molecule has 0 fully saturated rings. The third kappa shape index (κ3) is 6.58. The topological polar surface area (TPSA) is 54.9 Å². The van der Waals surface area contributed by atoms with Gasteiger partial charge in [-0.05, 0) is 65.8 Å². The maximum Gasteiger partial charge on any atom is 0.191 e. The lowest BCUT2D eigenvalue weighted by Crippen LogP contribution is -2.23. The normalized spacial score (nSPS) is 10.6. The molecule has 0 amide bonds. The van der Waals surface area contributed by atoms with Crippen molar-refractivity contribution in [1.29, 1.82) is 0 Å². The van der Waals surface area contributed by atoms with Crippen molar-refractivity contribution in [3.8, 4) is 11.5 Å². The molecule has 0 aliphatic heterocycles. The molecule has 3 aromatic rings. The smallest absolute Gasteiger partial charge is 0.191 e. The minimum Gasteiger partial charge on any atom is -0.493 e. The highest BCUT2D eigenvalue weighted by Gasteiger charge is 2.06. The predicted molar refractivity (Wildman–Crippen MR) is 125 cm³/mol. The summed E-state index contributed by atoms with van der Waals surface area (Å²) in [6.45, 7) is 0.456. The quantitative estimate of drug-likeness (QED) is 0.277. The number of hydrogen-bond donors (Lipinski definition) is 2. The highest BCUT2D eigenvalue weighted by atomic mass is 79.9. The van der Waals surface area contributed by atoms with E-state index in [9.17, 15) is 0 Å². The molecule has 0 heterocycles. The Balaban J connectivity index is 1.56. The van der Waals surface area contributed by atoms with E-state index >= 15 is 0 Å². The van der Waals surface area contributed by atoms with Crippen LogP contribution in [0.1, 0.15) is 11.1 Å². The first-order chi connectivity index (χ1) is 14.1. The zero-order valence-corrected chi connectivity index (χ0v) is 18.2. The number of para-hydroxylation sites is 1.